The normalized spacial score (nSPS) is 3.71. The Hall–Kier alpha value is 3.95. The molecule has 48 valence electrons. The predicted molar refractivity (Wildman–Crippen MR) is 24.7 cm³/mol. The molecule has 0 aliphatic carbocycles. The molecule has 0 nitrogen and oxygen atoms in total. The van der Waals surface area contributed by atoms with E-state index >= 15 is 0 Å². The maximum absolute atomic E-state index is 3.23. The van der Waals surface area contributed by atoms with E-state index in [2.05, 4.69) is 8.86 Å². The smallest absolute Gasteiger partial charge is 0 e. The van der Waals surface area contributed by atoms with Gasteiger partial charge in [0.2, 0.25) is 0 Å². The predicted octanol–water partition coefficient (Wildman–Crippen LogP) is 1.34. The van der Waals surface area contributed by atoms with Crippen molar-refractivity contribution in [3.63, 3.8) is 0 Å². The van der Waals surface area contributed by atoms with Crippen LogP contribution >= 0.6 is 8.86 Å². The van der Waals surface area contributed by atoms with Gasteiger partial charge in [0, 0.05) is 113 Å². The molecular weight excluding hydrogens is 187 g/mol. The van der Waals surface area contributed by atoms with E-state index in [9.17, 15) is 0 Å². The Morgan fingerprint density at radius 1 is 1.00 bits per heavy atom. The third kappa shape index (κ3) is 40.3. The van der Waals surface area contributed by atoms with Gasteiger partial charge in [-0.05, 0) is 13.8 Å². The van der Waals surface area contributed by atoms with E-state index in [1.165, 1.54) is 5.29 Å². The molecule has 0 fully saturated rings. The van der Waals surface area contributed by atoms with Crippen molar-refractivity contribution in [1.29, 1.82) is 0 Å². The van der Waals surface area contributed by atoms with Gasteiger partial charge in [0.05, 0.1) is 0 Å². The van der Waals surface area contributed by atoms with E-state index in [-0.39, 0.29) is 113 Å². The van der Waals surface area contributed by atoms with E-state index in [4.69, 9.17) is 0 Å². The van der Waals surface area contributed by atoms with Crippen LogP contribution in [0.15, 0.2) is 0 Å². The number of rotatable bonds is 0. The summed E-state index contributed by atoms with van der Waals surface area (Å²) < 4.78 is 0. The first-order valence-corrected chi connectivity index (χ1v) is 1.75. The van der Waals surface area contributed by atoms with Gasteiger partial charge in [-0.2, -0.15) is 0 Å². The van der Waals surface area contributed by atoms with Crippen LogP contribution in [-0.4, -0.2) is 5.29 Å². The molecule has 0 radical (unpaired) electrons. The summed E-state index contributed by atoms with van der Waals surface area (Å²) in [5, 5.41) is 1.22. The molecule has 0 atom stereocenters. The van der Waals surface area contributed by atoms with Crippen molar-refractivity contribution >= 4 is 14.2 Å². The minimum absolute atomic E-state index is 0. The second kappa shape index (κ2) is 16.5. The van der Waals surface area contributed by atoms with Crippen molar-refractivity contribution in [2.45, 2.75) is 13.8 Å². The van der Waals surface area contributed by atoms with Crippen LogP contribution in [0.1, 0.15) is 13.8 Å². The fraction of sp³-hybridized carbons (Fsp3) is 0.667. The molecule has 0 amide bonds. The topological polar surface area (TPSA) is 0 Å². The Balaban J connectivity index is -0.0000000150. The van der Waals surface area contributed by atoms with Gasteiger partial charge in [0.1, 0.15) is 0 Å². The summed E-state index contributed by atoms with van der Waals surface area (Å²) in [6.45, 7) is 3.99. The average molecular weight is 194 g/mol. The summed E-state index contributed by atoms with van der Waals surface area (Å²) in [7, 11) is 3.23. The molecule has 4 heteroatoms. The average Bonchev–Trinajstić information content (AvgIpc) is 0.811. The molecular formula is C3H7Ar3P. The largest absolute Gasteiger partial charge is 0.124 e. The zero-order chi connectivity index (χ0) is 3.58. The van der Waals surface area contributed by atoms with Gasteiger partial charge < -0.3 is 0 Å². The number of hydrogen-bond donors (Lipinski definition) is 0. The Morgan fingerprint density at radius 2 is 1.00 bits per heavy atom. The summed E-state index contributed by atoms with van der Waals surface area (Å²) in [6, 6.07) is 0. The minimum Gasteiger partial charge on any atom is -0.124 e. The molecule has 0 saturated heterocycles. The van der Waals surface area contributed by atoms with E-state index in [1.54, 1.807) is 0 Å². The van der Waals surface area contributed by atoms with Crippen LogP contribution in [0.5, 0.6) is 0 Å². The Morgan fingerprint density at radius 3 is 1.00 bits per heavy atom. The van der Waals surface area contributed by atoms with Gasteiger partial charge in [-0.25, -0.2) is 0 Å². The molecule has 0 heterocycles. The standard InChI is InChI=1S/C3H7P.3Ar/c1-3(2)4;;;/h4H,1-2H3;;;. The van der Waals surface area contributed by atoms with Gasteiger partial charge in [-0.15, -0.1) is 8.86 Å². The summed E-state index contributed by atoms with van der Waals surface area (Å²) in [5.41, 5.74) is 0. The van der Waals surface area contributed by atoms with Gasteiger partial charge >= 0.3 is 0 Å². The van der Waals surface area contributed by atoms with Crippen molar-refractivity contribution in [3.8, 4) is 0 Å². The molecule has 0 aliphatic rings. The van der Waals surface area contributed by atoms with Crippen molar-refractivity contribution in [2.75, 3.05) is 0 Å². The molecule has 0 aromatic heterocycles. The van der Waals surface area contributed by atoms with Crippen molar-refractivity contribution < 1.29 is 113 Å². The summed E-state index contributed by atoms with van der Waals surface area (Å²) in [5.74, 6) is 0. The van der Waals surface area contributed by atoms with Crippen molar-refractivity contribution in [3.05, 3.63) is 0 Å². The van der Waals surface area contributed by atoms with E-state index in [0.717, 1.165) is 0 Å². The Labute approximate surface area is 137 Å². The fourth-order valence-electron chi connectivity index (χ4n) is 0. The van der Waals surface area contributed by atoms with Crippen LogP contribution < -0.4 is 0 Å². The van der Waals surface area contributed by atoms with Gasteiger partial charge in [0.25, 0.3) is 0 Å². The van der Waals surface area contributed by atoms with Gasteiger partial charge in [-0.1, -0.05) is 5.29 Å². The van der Waals surface area contributed by atoms with Gasteiger partial charge in [-0.3, -0.25) is 0 Å². The molecule has 0 N–H and O–H groups in total. The van der Waals surface area contributed by atoms with Crippen molar-refractivity contribution in [1.82, 2.24) is 0 Å². The molecule has 0 bridgehead atoms. The number of hydrogen-bond acceptors (Lipinski definition) is 0. The SMILES string of the molecule is CC(C)=P.[Ar].[Ar].[Ar]. The summed E-state index contributed by atoms with van der Waals surface area (Å²) >= 11 is 0. The third-order valence-electron chi connectivity index (χ3n) is 0. The molecule has 0 spiro atoms. The fourth-order valence-corrected chi connectivity index (χ4v) is 0. The van der Waals surface area contributed by atoms with E-state index in [0.29, 0.717) is 0 Å². The van der Waals surface area contributed by atoms with Crippen molar-refractivity contribution in [2.24, 2.45) is 0 Å². The van der Waals surface area contributed by atoms with Crippen LogP contribution in [0, 0.1) is 113 Å². The second-order valence-corrected chi connectivity index (χ2v) is 2.00. The van der Waals surface area contributed by atoms with Crippen LogP contribution in [0.3, 0.4) is 0 Å². The van der Waals surface area contributed by atoms with Crippen LogP contribution in [0.4, 0.5) is 0 Å². The van der Waals surface area contributed by atoms with Crippen LogP contribution in [0.2, 0.25) is 0 Å². The first kappa shape index (κ1) is 22.4. The third-order valence-corrected chi connectivity index (χ3v) is 0. The maximum atomic E-state index is 3.23. The zero-order valence-corrected chi connectivity index (χ0v) is 7.18. The molecule has 0 saturated carbocycles. The first-order valence-electron chi connectivity index (χ1n) is 1.25. The molecule has 0 rings (SSSR count). The Kier molecular flexibility index (Phi) is 52.9. The molecule has 0 aliphatic heterocycles. The maximum Gasteiger partial charge on any atom is 0 e. The molecule has 0 aromatic rings. The second-order valence-electron chi connectivity index (χ2n) is 1.00. The molecule has 7 heavy (non-hydrogen) atoms. The minimum atomic E-state index is 0. The quantitative estimate of drug-likeness (QED) is 0.510. The molecule has 0 aromatic carbocycles. The van der Waals surface area contributed by atoms with E-state index < -0.39 is 0 Å². The van der Waals surface area contributed by atoms with E-state index in [1.807, 2.05) is 13.8 Å². The summed E-state index contributed by atoms with van der Waals surface area (Å²) in [4.78, 5) is 0. The van der Waals surface area contributed by atoms with Gasteiger partial charge in [0.15, 0.2) is 0 Å². The van der Waals surface area contributed by atoms with Crippen LogP contribution in [-0.2, 0) is 0 Å². The summed E-state index contributed by atoms with van der Waals surface area (Å²) in [6.07, 6.45) is 0. The van der Waals surface area contributed by atoms with Crippen LogP contribution in [0.25, 0.3) is 0 Å². The first-order chi connectivity index (χ1) is 1.73. The monoisotopic (exact) mass is 194 g/mol. The molecule has 0 unspecified atom stereocenters. The zero-order valence-electron chi connectivity index (χ0n) is 4.06. The Bertz CT molecular complexity index is 33.2.